The number of halogens is 3. The zero-order chi connectivity index (χ0) is 20.4. The van der Waals surface area contributed by atoms with Gasteiger partial charge in [0, 0.05) is 5.56 Å². The summed E-state index contributed by atoms with van der Waals surface area (Å²) < 4.78 is 50.8. The molecule has 4 aromatic rings. The van der Waals surface area contributed by atoms with E-state index in [2.05, 4.69) is 4.98 Å². The molecule has 0 unspecified atom stereocenters. The van der Waals surface area contributed by atoms with E-state index in [1.165, 1.54) is 13.2 Å². The first-order chi connectivity index (χ1) is 13.9. The van der Waals surface area contributed by atoms with E-state index in [0.717, 1.165) is 32.9 Å². The molecule has 0 N–H and O–H groups in total. The van der Waals surface area contributed by atoms with Crippen LogP contribution in [0.2, 0.25) is 0 Å². The van der Waals surface area contributed by atoms with Crippen LogP contribution in [0, 0.1) is 0 Å². The SMILES string of the molecule is COc1cc(-c2nc3ccccc3s2)ccc1OCc1cccc(C(F)(F)F)c1. The van der Waals surface area contributed by atoms with Crippen LogP contribution in [0.4, 0.5) is 13.2 Å². The quantitative estimate of drug-likeness (QED) is 0.369. The van der Waals surface area contributed by atoms with Crippen molar-refractivity contribution >= 4 is 21.6 Å². The Bertz CT molecular complexity index is 1120. The molecule has 29 heavy (non-hydrogen) atoms. The van der Waals surface area contributed by atoms with E-state index in [-0.39, 0.29) is 6.61 Å². The van der Waals surface area contributed by atoms with Gasteiger partial charge in [-0.2, -0.15) is 13.2 Å². The maximum Gasteiger partial charge on any atom is 0.416 e. The average molecular weight is 415 g/mol. The Labute approximate surface area is 169 Å². The number of aromatic nitrogens is 1. The number of nitrogens with zero attached hydrogens (tertiary/aromatic N) is 1. The van der Waals surface area contributed by atoms with Crippen molar-refractivity contribution in [3.63, 3.8) is 0 Å². The maximum atomic E-state index is 12.9. The van der Waals surface area contributed by atoms with Crippen molar-refractivity contribution in [1.29, 1.82) is 0 Å². The predicted octanol–water partition coefficient (Wildman–Crippen LogP) is 6.57. The molecule has 0 aliphatic carbocycles. The standard InChI is InChI=1S/C22H16F3NO2S/c1-27-19-12-15(21-26-17-7-2-3-8-20(17)29-21)9-10-18(19)28-13-14-5-4-6-16(11-14)22(23,24)25/h2-12H,13H2,1H3. The number of fused-ring (bicyclic) bond motifs is 1. The molecule has 3 aromatic carbocycles. The molecular formula is C22H16F3NO2S. The second kappa shape index (κ2) is 7.75. The van der Waals surface area contributed by atoms with Gasteiger partial charge in [-0.15, -0.1) is 11.3 Å². The van der Waals surface area contributed by atoms with E-state index in [9.17, 15) is 13.2 Å². The van der Waals surface area contributed by atoms with Crippen molar-refractivity contribution < 1.29 is 22.6 Å². The Balaban J connectivity index is 1.56. The third-order valence-corrected chi connectivity index (χ3v) is 5.44. The van der Waals surface area contributed by atoms with Crippen LogP contribution in [-0.2, 0) is 12.8 Å². The molecule has 0 saturated carbocycles. The van der Waals surface area contributed by atoms with E-state index in [1.54, 1.807) is 23.5 Å². The van der Waals surface area contributed by atoms with E-state index < -0.39 is 11.7 Å². The number of ether oxygens (including phenoxy) is 2. The molecule has 7 heteroatoms. The summed E-state index contributed by atoms with van der Waals surface area (Å²) >= 11 is 1.58. The molecule has 0 spiro atoms. The lowest BCUT2D eigenvalue weighted by Crippen LogP contribution is -2.06. The third kappa shape index (κ3) is 4.19. The van der Waals surface area contributed by atoms with Crippen LogP contribution in [0.15, 0.2) is 66.7 Å². The summed E-state index contributed by atoms with van der Waals surface area (Å²) in [6.07, 6.45) is -4.38. The van der Waals surface area contributed by atoms with Crippen molar-refractivity contribution in [1.82, 2.24) is 4.98 Å². The summed E-state index contributed by atoms with van der Waals surface area (Å²) in [7, 11) is 1.52. The summed E-state index contributed by atoms with van der Waals surface area (Å²) in [6, 6.07) is 18.4. The van der Waals surface area contributed by atoms with Gasteiger partial charge in [-0.25, -0.2) is 4.98 Å². The van der Waals surface area contributed by atoms with Crippen molar-refractivity contribution in [2.45, 2.75) is 12.8 Å². The van der Waals surface area contributed by atoms with Gasteiger partial charge in [0.05, 0.1) is 22.9 Å². The Hall–Kier alpha value is -3.06. The lowest BCUT2D eigenvalue weighted by Gasteiger charge is -2.13. The van der Waals surface area contributed by atoms with Gasteiger partial charge in [0.15, 0.2) is 11.5 Å². The van der Waals surface area contributed by atoms with Crippen LogP contribution >= 0.6 is 11.3 Å². The molecule has 0 saturated heterocycles. The average Bonchev–Trinajstić information content (AvgIpc) is 3.16. The van der Waals surface area contributed by atoms with Gasteiger partial charge in [0.1, 0.15) is 11.6 Å². The van der Waals surface area contributed by atoms with Crippen molar-refractivity contribution in [2.24, 2.45) is 0 Å². The van der Waals surface area contributed by atoms with Gasteiger partial charge in [-0.3, -0.25) is 0 Å². The van der Waals surface area contributed by atoms with Crippen molar-refractivity contribution in [3.05, 3.63) is 77.9 Å². The van der Waals surface area contributed by atoms with Gasteiger partial charge in [-0.1, -0.05) is 24.3 Å². The van der Waals surface area contributed by atoms with Crippen LogP contribution in [0.3, 0.4) is 0 Å². The molecule has 0 atom stereocenters. The minimum absolute atomic E-state index is 0.000758. The molecule has 0 aliphatic heterocycles. The Morgan fingerprint density at radius 3 is 2.52 bits per heavy atom. The van der Waals surface area contributed by atoms with Gasteiger partial charge >= 0.3 is 6.18 Å². The number of alkyl halides is 3. The van der Waals surface area contributed by atoms with Crippen molar-refractivity contribution in [2.75, 3.05) is 7.11 Å². The molecule has 3 nitrogen and oxygen atoms in total. The van der Waals surface area contributed by atoms with Crippen LogP contribution in [0.1, 0.15) is 11.1 Å². The number of methoxy groups -OCH3 is 1. The zero-order valence-electron chi connectivity index (χ0n) is 15.4. The minimum Gasteiger partial charge on any atom is -0.493 e. The molecule has 0 amide bonds. The molecule has 0 aliphatic rings. The highest BCUT2D eigenvalue weighted by atomic mass is 32.1. The van der Waals surface area contributed by atoms with E-state index in [4.69, 9.17) is 9.47 Å². The molecule has 0 radical (unpaired) electrons. The van der Waals surface area contributed by atoms with E-state index >= 15 is 0 Å². The molecule has 0 bridgehead atoms. The van der Waals surface area contributed by atoms with Gasteiger partial charge < -0.3 is 9.47 Å². The second-order valence-electron chi connectivity index (χ2n) is 6.34. The number of benzene rings is 3. The molecule has 1 aromatic heterocycles. The maximum absolute atomic E-state index is 12.9. The van der Waals surface area contributed by atoms with Crippen LogP contribution in [0.5, 0.6) is 11.5 Å². The number of rotatable bonds is 5. The summed E-state index contributed by atoms with van der Waals surface area (Å²) in [5.41, 5.74) is 1.54. The summed E-state index contributed by atoms with van der Waals surface area (Å²) in [5.74, 6) is 0.948. The summed E-state index contributed by atoms with van der Waals surface area (Å²) in [4.78, 5) is 4.63. The summed E-state index contributed by atoms with van der Waals surface area (Å²) in [6.45, 7) is 0.000758. The first kappa shape index (κ1) is 19.3. The number of thiazole rings is 1. The number of hydrogen-bond donors (Lipinski definition) is 0. The van der Waals surface area contributed by atoms with Crippen LogP contribution in [-0.4, -0.2) is 12.1 Å². The highest BCUT2D eigenvalue weighted by Crippen LogP contribution is 2.36. The fraction of sp³-hybridized carbons (Fsp3) is 0.136. The first-order valence-corrected chi connectivity index (χ1v) is 9.58. The molecular weight excluding hydrogens is 399 g/mol. The van der Waals surface area contributed by atoms with Gasteiger partial charge in [0.25, 0.3) is 0 Å². The smallest absolute Gasteiger partial charge is 0.416 e. The van der Waals surface area contributed by atoms with Crippen LogP contribution in [0.25, 0.3) is 20.8 Å². The van der Waals surface area contributed by atoms with E-state index in [1.807, 2.05) is 36.4 Å². The van der Waals surface area contributed by atoms with Crippen molar-refractivity contribution in [3.8, 4) is 22.1 Å². The highest BCUT2D eigenvalue weighted by molar-refractivity contribution is 7.21. The minimum atomic E-state index is -4.38. The van der Waals surface area contributed by atoms with Crippen LogP contribution < -0.4 is 9.47 Å². The molecule has 4 rings (SSSR count). The lowest BCUT2D eigenvalue weighted by molar-refractivity contribution is -0.137. The Morgan fingerprint density at radius 2 is 1.76 bits per heavy atom. The number of para-hydroxylation sites is 1. The lowest BCUT2D eigenvalue weighted by atomic mass is 10.1. The Kier molecular flexibility index (Phi) is 5.15. The zero-order valence-corrected chi connectivity index (χ0v) is 16.2. The largest absolute Gasteiger partial charge is 0.493 e. The summed E-state index contributed by atoms with van der Waals surface area (Å²) in [5, 5.41) is 0.855. The van der Waals surface area contributed by atoms with Gasteiger partial charge in [-0.05, 0) is 48.0 Å². The fourth-order valence-electron chi connectivity index (χ4n) is 2.91. The molecule has 1 heterocycles. The second-order valence-corrected chi connectivity index (χ2v) is 7.37. The fourth-order valence-corrected chi connectivity index (χ4v) is 3.88. The number of hydrogen-bond acceptors (Lipinski definition) is 4. The monoisotopic (exact) mass is 415 g/mol. The van der Waals surface area contributed by atoms with E-state index in [0.29, 0.717) is 17.1 Å². The molecule has 0 fully saturated rings. The Morgan fingerprint density at radius 1 is 0.931 bits per heavy atom. The third-order valence-electron chi connectivity index (χ3n) is 4.35. The van der Waals surface area contributed by atoms with Gasteiger partial charge in [0.2, 0.25) is 0 Å². The predicted molar refractivity (Wildman–Crippen MR) is 107 cm³/mol. The first-order valence-electron chi connectivity index (χ1n) is 8.77. The molecule has 148 valence electrons. The highest BCUT2D eigenvalue weighted by Gasteiger charge is 2.30. The normalized spacial score (nSPS) is 11.6. The topological polar surface area (TPSA) is 31.4 Å².